The number of nitrogens with zero attached hydrogens (tertiary/aromatic N) is 2. The summed E-state index contributed by atoms with van der Waals surface area (Å²) in [4.78, 5) is -0.0396. The second-order valence-corrected chi connectivity index (χ2v) is 6.34. The van der Waals surface area contributed by atoms with Crippen molar-refractivity contribution < 1.29 is 17.9 Å². The van der Waals surface area contributed by atoms with Crippen LogP contribution in [0.5, 0.6) is 5.75 Å². The Morgan fingerprint density at radius 2 is 2.00 bits per heavy atom. The van der Waals surface area contributed by atoms with E-state index in [9.17, 15) is 12.8 Å². The van der Waals surface area contributed by atoms with Crippen molar-refractivity contribution in [1.82, 2.24) is 8.75 Å². The van der Waals surface area contributed by atoms with Crippen molar-refractivity contribution in [3.8, 4) is 5.75 Å². The smallest absolute Gasteiger partial charge is 0.264 e. The van der Waals surface area contributed by atoms with Gasteiger partial charge in [0, 0.05) is 6.07 Å². The molecule has 108 valence electrons. The Kier molecular flexibility index (Phi) is 3.22. The molecular formula is C12H8FN3O3S2. The van der Waals surface area contributed by atoms with Crippen LogP contribution >= 0.6 is 11.7 Å². The van der Waals surface area contributed by atoms with Crippen LogP contribution in [0.25, 0.3) is 11.0 Å². The van der Waals surface area contributed by atoms with E-state index in [0.717, 1.165) is 23.9 Å². The first-order valence-corrected chi connectivity index (χ1v) is 7.91. The normalized spacial score (nSPS) is 11.7. The number of aromatic hydroxyl groups is 1. The minimum absolute atomic E-state index is 0.00509. The number of hydrogen-bond acceptors (Lipinski definition) is 6. The van der Waals surface area contributed by atoms with Gasteiger partial charge in [-0.1, -0.05) is 6.07 Å². The molecule has 2 aromatic carbocycles. The molecule has 6 nitrogen and oxygen atoms in total. The molecule has 9 heteroatoms. The van der Waals surface area contributed by atoms with Crippen molar-refractivity contribution in [2.45, 2.75) is 4.90 Å². The summed E-state index contributed by atoms with van der Waals surface area (Å²) in [5.74, 6) is -1.47. The number of benzene rings is 2. The molecule has 0 spiro atoms. The van der Waals surface area contributed by atoms with Crippen LogP contribution < -0.4 is 4.72 Å². The van der Waals surface area contributed by atoms with Crippen LogP contribution in [0.15, 0.2) is 41.3 Å². The SMILES string of the molecule is O=S(=O)(Nc1ccc(O)c(F)c1)c1cccc2nsnc12. The minimum Gasteiger partial charge on any atom is -0.505 e. The van der Waals surface area contributed by atoms with Crippen molar-refractivity contribution in [1.29, 1.82) is 0 Å². The first kappa shape index (κ1) is 13.7. The lowest BCUT2D eigenvalue weighted by Crippen LogP contribution is -2.13. The van der Waals surface area contributed by atoms with Gasteiger partial charge in [-0.05, 0) is 24.3 Å². The van der Waals surface area contributed by atoms with E-state index < -0.39 is 21.6 Å². The first-order chi connectivity index (χ1) is 9.97. The Labute approximate surface area is 123 Å². The second-order valence-electron chi connectivity index (χ2n) is 4.16. The largest absolute Gasteiger partial charge is 0.505 e. The molecule has 0 atom stereocenters. The maximum atomic E-state index is 13.3. The zero-order chi connectivity index (χ0) is 15.0. The molecule has 0 aliphatic rings. The molecule has 0 aliphatic heterocycles. The molecule has 0 radical (unpaired) electrons. The number of nitrogens with one attached hydrogen (secondary N) is 1. The number of phenols is 1. The van der Waals surface area contributed by atoms with E-state index in [1.807, 2.05) is 0 Å². The number of aromatic nitrogens is 2. The number of anilines is 1. The van der Waals surface area contributed by atoms with Gasteiger partial charge in [0.05, 0.1) is 17.4 Å². The maximum absolute atomic E-state index is 13.3. The van der Waals surface area contributed by atoms with Crippen LogP contribution in [0.2, 0.25) is 0 Å². The Morgan fingerprint density at radius 3 is 2.76 bits per heavy atom. The lowest BCUT2D eigenvalue weighted by Gasteiger charge is -2.08. The molecule has 0 unspecified atom stereocenters. The monoisotopic (exact) mass is 325 g/mol. The summed E-state index contributed by atoms with van der Waals surface area (Å²) in [6, 6.07) is 7.82. The van der Waals surface area contributed by atoms with Gasteiger partial charge >= 0.3 is 0 Å². The summed E-state index contributed by atoms with van der Waals surface area (Å²) in [6.07, 6.45) is 0. The van der Waals surface area contributed by atoms with Gasteiger partial charge in [0.2, 0.25) is 0 Å². The van der Waals surface area contributed by atoms with Crippen LogP contribution in [-0.4, -0.2) is 22.3 Å². The summed E-state index contributed by atoms with van der Waals surface area (Å²) in [5.41, 5.74) is 0.736. The fourth-order valence-electron chi connectivity index (χ4n) is 1.78. The van der Waals surface area contributed by atoms with Crippen molar-refractivity contribution in [2.75, 3.05) is 4.72 Å². The molecule has 21 heavy (non-hydrogen) atoms. The van der Waals surface area contributed by atoms with Crippen LogP contribution in [0, 0.1) is 5.82 Å². The predicted molar refractivity (Wildman–Crippen MR) is 76.3 cm³/mol. The van der Waals surface area contributed by atoms with E-state index in [2.05, 4.69) is 13.5 Å². The summed E-state index contributed by atoms with van der Waals surface area (Å²) < 4.78 is 48.1. The molecule has 0 aliphatic carbocycles. The Balaban J connectivity index is 2.04. The first-order valence-electron chi connectivity index (χ1n) is 5.70. The molecule has 2 N–H and O–H groups in total. The average molecular weight is 325 g/mol. The molecule has 1 aromatic heterocycles. The summed E-state index contributed by atoms with van der Waals surface area (Å²) in [6.45, 7) is 0. The fourth-order valence-corrected chi connectivity index (χ4v) is 3.60. The second kappa shape index (κ2) is 4.93. The zero-order valence-electron chi connectivity index (χ0n) is 10.3. The van der Waals surface area contributed by atoms with Crippen LogP contribution in [-0.2, 0) is 10.0 Å². The molecule has 3 rings (SSSR count). The number of halogens is 1. The van der Waals surface area contributed by atoms with E-state index in [0.29, 0.717) is 5.52 Å². The van der Waals surface area contributed by atoms with E-state index in [4.69, 9.17) is 5.11 Å². The number of rotatable bonds is 3. The molecular weight excluding hydrogens is 317 g/mol. The van der Waals surface area contributed by atoms with Gasteiger partial charge in [-0.25, -0.2) is 12.8 Å². The van der Waals surface area contributed by atoms with Gasteiger partial charge < -0.3 is 5.11 Å². The molecule has 0 fully saturated rings. The molecule has 0 saturated carbocycles. The molecule has 0 amide bonds. The summed E-state index contributed by atoms with van der Waals surface area (Å²) >= 11 is 0.909. The van der Waals surface area contributed by atoms with Crippen molar-refractivity contribution in [3.05, 3.63) is 42.2 Å². The van der Waals surface area contributed by atoms with Gasteiger partial charge in [-0.2, -0.15) is 8.75 Å². The van der Waals surface area contributed by atoms with Gasteiger partial charge in [0.25, 0.3) is 10.0 Å². The van der Waals surface area contributed by atoms with Gasteiger partial charge in [0.1, 0.15) is 15.9 Å². The third-order valence-corrected chi connectivity index (χ3v) is 4.69. The lowest BCUT2D eigenvalue weighted by atomic mass is 10.3. The van der Waals surface area contributed by atoms with E-state index in [-0.39, 0.29) is 16.1 Å². The number of fused-ring (bicyclic) bond motifs is 1. The molecule has 3 aromatic rings. The van der Waals surface area contributed by atoms with E-state index in [1.165, 1.54) is 12.1 Å². The van der Waals surface area contributed by atoms with Crippen molar-refractivity contribution in [3.63, 3.8) is 0 Å². The number of sulfonamides is 1. The predicted octanol–water partition coefficient (Wildman–Crippen LogP) is 2.34. The molecule has 1 heterocycles. The van der Waals surface area contributed by atoms with Crippen molar-refractivity contribution >= 4 is 38.5 Å². The van der Waals surface area contributed by atoms with Gasteiger partial charge in [0.15, 0.2) is 11.6 Å². The quantitative estimate of drug-likeness (QED) is 0.721. The van der Waals surface area contributed by atoms with E-state index in [1.54, 1.807) is 12.1 Å². The third-order valence-electron chi connectivity index (χ3n) is 2.74. The Hall–Kier alpha value is -2.26. The van der Waals surface area contributed by atoms with Gasteiger partial charge in [-0.3, -0.25) is 4.72 Å². The van der Waals surface area contributed by atoms with Crippen LogP contribution in [0.4, 0.5) is 10.1 Å². The number of phenolic OH excluding ortho intramolecular Hbond substituents is 1. The highest BCUT2D eigenvalue weighted by Crippen LogP contribution is 2.25. The molecule has 0 bridgehead atoms. The topological polar surface area (TPSA) is 92.2 Å². The maximum Gasteiger partial charge on any atom is 0.264 e. The van der Waals surface area contributed by atoms with Gasteiger partial charge in [-0.15, -0.1) is 0 Å². The summed E-state index contributed by atoms with van der Waals surface area (Å²) in [7, 11) is -3.93. The highest BCUT2D eigenvalue weighted by molar-refractivity contribution is 7.93. The molecule has 0 saturated heterocycles. The standard InChI is InChI=1S/C12H8FN3O3S2/c13-8-6-7(4-5-10(8)17)16-21(18,19)11-3-1-2-9-12(11)15-20-14-9/h1-6,16-17H. The average Bonchev–Trinajstić information content (AvgIpc) is 2.90. The summed E-state index contributed by atoms with van der Waals surface area (Å²) in [5, 5.41) is 9.10. The fraction of sp³-hybridized carbons (Fsp3) is 0. The van der Waals surface area contributed by atoms with E-state index >= 15 is 0 Å². The van der Waals surface area contributed by atoms with Crippen molar-refractivity contribution in [2.24, 2.45) is 0 Å². The number of hydrogen-bond donors (Lipinski definition) is 2. The Bertz CT molecular complexity index is 924. The Morgan fingerprint density at radius 1 is 1.19 bits per heavy atom. The highest BCUT2D eigenvalue weighted by Gasteiger charge is 2.20. The van der Waals surface area contributed by atoms with Crippen LogP contribution in [0.1, 0.15) is 0 Å². The minimum atomic E-state index is -3.93. The highest BCUT2D eigenvalue weighted by atomic mass is 32.2. The zero-order valence-corrected chi connectivity index (χ0v) is 11.9. The third kappa shape index (κ3) is 2.52. The lowest BCUT2D eigenvalue weighted by molar-refractivity contribution is 0.432. The van der Waals surface area contributed by atoms with Crippen LogP contribution in [0.3, 0.4) is 0 Å².